The Balaban J connectivity index is 2.13. The third-order valence-corrected chi connectivity index (χ3v) is 4.50. The van der Waals surface area contributed by atoms with Crippen LogP contribution in [0.1, 0.15) is 40.0 Å². The van der Waals surface area contributed by atoms with Crippen molar-refractivity contribution in [2.45, 2.75) is 44.9 Å². The maximum Gasteiger partial charge on any atom is 0.0195 e. The zero-order chi connectivity index (χ0) is 10.6. The molecule has 2 unspecified atom stereocenters. The lowest BCUT2D eigenvalue weighted by Gasteiger charge is -2.34. The van der Waals surface area contributed by atoms with E-state index in [-0.39, 0.29) is 0 Å². The summed E-state index contributed by atoms with van der Waals surface area (Å²) in [5.41, 5.74) is 0. The SMILES string of the molecule is CC(C)CCCN1CCC(Br)C(C)C1. The van der Waals surface area contributed by atoms with Gasteiger partial charge in [-0.1, -0.05) is 36.7 Å². The van der Waals surface area contributed by atoms with E-state index in [9.17, 15) is 0 Å². The summed E-state index contributed by atoms with van der Waals surface area (Å²) in [6.45, 7) is 10.9. The smallest absolute Gasteiger partial charge is 0.0195 e. The van der Waals surface area contributed by atoms with Gasteiger partial charge in [0.25, 0.3) is 0 Å². The minimum Gasteiger partial charge on any atom is -0.303 e. The van der Waals surface area contributed by atoms with Crippen LogP contribution in [0.4, 0.5) is 0 Å². The monoisotopic (exact) mass is 261 g/mol. The number of piperidine rings is 1. The first kappa shape index (κ1) is 12.5. The molecule has 0 aromatic carbocycles. The maximum absolute atomic E-state index is 3.75. The van der Waals surface area contributed by atoms with Crippen LogP contribution in [-0.2, 0) is 0 Å². The van der Waals surface area contributed by atoms with Crippen LogP contribution in [0, 0.1) is 11.8 Å². The molecule has 0 spiro atoms. The fraction of sp³-hybridized carbons (Fsp3) is 1.00. The molecule has 2 heteroatoms. The van der Waals surface area contributed by atoms with Crippen LogP contribution in [0.5, 0.6) is 0 Å². The summed E-state index contributed by atoms with van der Waals surface area (Å²) >= 11 is 3.75. The average molecular weight is 262 g/mol. The molecule has 0 aromatic rings. The van der Waals surface area contributed by atoms with Crippen molar-refractivity contribution in [3.05, 3.63) is 0 Å². The number of nitrogens with zero attached hydrogens (tertiary/aromatic N) is 1. The number of rotatable bonds is 4. The molecule has 1 fully saturated rings. The van der Waals surface area contributed by atoms with Crippen LogP contribution in [0.15, 0.2) is 0 Å². The molecule has 2 atom stereocenters. The van der Waals surface area contributed by atoms with Gasteiger partial charge in [-0.15, -0.1) is 0 Å². The first-order chi connectivity index (χ1) is 6.59. The highest BCUT2D eigenvalue weighted by molar-refractivity contribution is 9.09. The molecule has 0 N–H and O–H groups in total. The molecule has 0 saturated carbocycles. The van der Waals surface area contributed by atoms with Crippen LogP contribution < -0.4 is 0 Å². The Labute approximate surface area is 97.4 Å². The molecular formula is C12H24BrN. The van der Waals surface area contributed by atoms with E-state index < -0.39 is 0 Å². The number of likely N-dealkylation sites (tertiary alicyclic amines) is 1. The molecule has 1 rings (SSSR count). The molecule has 1 aliphatic heterocycles. The summed E-state index contributed by atoms with van der Waals surface area (Å²) in [6.07, 6.45) is 4.07. The van der Waals surface area contributed by atoms with Gasteiger partial charge in [0.15, 0.2) is 0 Å². The minimum absolute atomic E-state index is 0.754. The normalized spacial score (nSPS) is 29.8. The van der Waals surface area contributed by atoms with E-state index >= 15 is 0 Å². The van der Waals surface area contributed by atoms with Crippen molar-refractivity contribution < 1.29 is 0 Å². The summed E-state index contributed by atoms with van der Waals surface area (Å²) < 4.78 is 0. The molecular weight excluding hydrogens is 238 g/mol. The Bertz CT molecular complexity index is 158. The topological polar surface area (TPSA) is 3.24 Å². The van der Waals surface area contributed by atoms with Crippen molar-refractivity contribution >= 4 is 15.9 Å². The van der Waals surface area contributed by atoms with E-state index in [1.165, 1.54) is 38.9 Å². The quantitative estimate of drug-likeness (QED) is 0.700. The van der Waals surface area contributed by atoms with E-state index in [1.54, 1.807) is 0 Å². The Morgan fingerprint density at radius 1 is 1.43 bits per heavy atom. The van der Waals surface area contributed by atoms with E-state index in [2.05, 4.69) is 41.6 Å². The first-order valence-electron chi connectivity index (χ1n) is 5.96. The number of hydrogen-bond donors (Lipinski definition) is 0. The molecule has 1 saturated heterocycles. The van der Waals surface area contributed by atoms with E-state index in [0.29, 0.717) is 0 Å². The standard InChI is InChI=1S/C12H24BrN/c1-10(2)5-4-7-14-8-6-12(13)11(3)9-14/h10-12H,4-9H2,1-3H3. The van der Waals surface area contributed by atoms with Gasteiger partial charge in [-0.3, -0.25) is 0 Å². The van der Waals surface area contributed by atoms with Crippen molar-refractivity contribution in [3.8, 4) is 0 Å². The predicted octanol–water partition coefficient (Wildman–Crippen LogP) is 3.53. The van der Waals surface area contributed by atoms with Gasteiger partial charge in [-0.25, -0.2) is 0 Å². The second-order valence-corrected chi connectivity index (χ2v) is 6.29. The van der Waals surface area contributed by atoms with Gasteiger partial charge in [-0.2, -0.15) is 0 Å². The second kappa shape index (κ2) is 6.12. The number of halogens is 1. The minimum atomic E-state index is 0.754. The molecule has 84 valence electrons. The summed E-state index contributed by atoms with van der Waals surface area (Å²) in [6, 6.07) is 0. The van der Waals surface area contributed by atoms with Crippen LogP contribution in [0.25, 0.3) is 0 Å². The summed E-state index contributed by atoms with van der Waals surface area (Å²) in [4.78, 5) is 3.38. The van der Waals surface area contributed by atoms with Gasteiger partial charge >= 0.3 is 0 Å². The van der Waals surface area contributed by atoms with Gasteiger partial charge in [0.05, 0.1) is 0 Å². The zero-order valence-corrected chi connectivity index (χ0v) is 11.4. The van der Waals surface area contributed by atoms with Gasteiger partial charge in [0, 0.05) is 11.4 Å². The van der Waals surface area contributed by atoms with Crippen LogP contribution in [0.3, 0.4) is 0 Å². The average Bonchev–Trinajstić information content (AvgIpc) is 2.10. The van der Waals surface area contributed by atoms with Gasteiger partial charge < -0.3 is 4.90 Å². The van der Waals surface area contributed by atoms with Gasteiger partial charge in [-0.05, 0) is 44.2 Å². The third kappa shape index (κ3) is 4.31. The van der Waals surface area contributed by atoms with Crippen LogP contribution >= 0.6 is 15.9 Å². The van der Waals surface area contributed by atoms with Crippen molar-refractivity contribution in [1.82, 2.24) is 4.90 Å². The summed E-state index contributed by atoms with van der Waals surface area (Å²) in [7, 11) is 0. The summed E-state index contributed by atoms with van der Waals surface area (Å²) in [5, 5.41) is 0. The largest absolute Gasteiger partial charge is 0.303 e. The van der Waals surface area contributed by atoms with E-state index in [4.69, 9.17) is 0 Å². The maximum atomic E-state index is 3.75. The Hall–Kier alpha value is 0.440. The van der Waals surface area contributed by atoms with Gasteiger partial charge in [0.1, 0.15) is 0 Å². The van der Waals surface area contributed by atoms with Crippen LogP contribution in [-0.4, -0.2) is 29.4 Å². The molecule has 1 nitrogen and oxygen atoms in total. The first-order valence-corrected chi connectivity index (χ1v) is 6.87. The Morgan fingerprint density at radius 3 is 2.71 bits per heavy atom. The predicted molar refractivity (Wildman–Crippen MR) is 67.0 cm³/mol. The molecule has 0 bridgehead atoms. The Morgan fingerprint density at radius 2 is 2.14 bits per heavy atom. The Kier molecular flexibility index (Phi) is 5.47. The lowest BCUT2D eigenvalue weighted by Crippen LogP contribution is -2.40. The van der Waals surface area contributed by atoms with Crippen molar-refractivity contribution in [2.24, 2.45) is 11.8 Å². The third-order valence-electron chi connectivity index (χ3n) is 3.14. The van der Waals surface area contributed by atoms with Crippen LogP contribution in [0.2, 0.25) is 0 Å². The van der Waals surface area contributed by atoms with Crippen molar-refractivity contribution in [3.63, 3.8) is 0 Å². The molecule has 0 aromatic heterocycles. The molecule has 14 heavy (non-hydrogen) atoms. The highest BCUT2D eigenvalue weighted by Gasteiger charge is 2.23. The van der Waals surface area contributed by atoms with Crippen molar-refractivity contribution in [2.75, 3.05) is 19.6 Å². The molecule has 1 aliphatic rings. The number of hydrogen-bond acceptors (Lipinski definition) is 1. The molecule has 0 amide bonds. The van der Waals surface area contributed by atoms with E-state index in [0.717, 1.165) is 16.7 Å². The lowest BCUT2D eigenvalue weighted by molar-refractivity contribution is 0.186. The fourth-order valence-corrected chi connectivity index (χ4v) is 2.50. The lowest BCUT2D eigenvalue weighted by atomic mass is 9.99. The second-order valence-electron chi connectivity index (χ2n) is 5.12. The molecule has 1 heterocycles. The fourth-order valence-electron chi connectivity index (χ4n) is 2.13. The zero-order valence-electron chi connectivity index (χ0n) is 9.80. The highest BCUT2D eigenvalue weighted by Crippen LogP contribution is 2.23. The number of alkyl halides is 1. The van der Waals surface area contributed by atoms with Crippen molar-refractivity contribution in [1.29, 1.82) is 0 Å². The molecule has 0 aliphatic carbocycles. The van der Waals surface area contributed by atoms with E-state index in [1.807, 2.05) is 0 Å². The highest BCUT2D eigenvalue weighted by atomic mass is 79.9. The van der Waals surface area contributed by atoms with Gasteiger partial charge in [0.2, 0.25) is 0 Å². The molecule has 0 radical (unpaired) electrons. The summed E-state index contributed by atoms with van der Waals surface area (Å²) in [5.74, 6) is 1.68.